The first-order chi connectivity index (χ1) is 13.4. The highest BCUT2D eigenvalue weighted by Gasteiger charge is 2.16. The zero-order chi connectivity index (χ0) is 20.5. The van der Waals surface area contributed by atoms with Crippen LogP contribution in [0.5, 0.6) is 11.5 Å². The van der Waals surface area contributed by atoms with Crippen molar-refractivity contribution in [2.24, 2.45) is 0 Å². The zero-order valence-electron chi connectivity index (χ0n) is 15.7. The first kappa shape index (κ1) is 22.3. The van der Waals surface area contributed by atoms with Gasteiger partial charge in [0.05, 0.1) is 18.7 Å². The molecule has 0 aliphatic carbocycles. The molecule has 0 aromatic heterocycles. The summed E-state index contributed by atoms with van der Waals surface area (Å²) < 4.78 is 16.2. The van der Waals surface area contributed by atoms with Crippen LogP contribution in [-0.2, 0) is 16.1 Å². The summed E-state index contributed by atoms with van der Waals surface area (Å²) in [7, 11) is 1.59. The molecule has 0 saturated heterocycles. The van der Waals surface area contributed by atoms with E-state index in [9.17, 15) is 9.90 Å². The Hall–Kier alpha value is -1.99. The van der Waals surface area contributed by atoms with E-state index in [1.165, 1.54) is 0 Å². The summed E-state index contributed by atoms with van der Waals surface area (Å²) >= 11 is 11.9. The minimum Gasteiger partial charge on any atom is -0.497 e. The van der Waals surface area contributed by atoms with Crippen molar-refractivity contribution in [2.75, 3.05) is 20.3 Å². The van der Waals surface area contributed by atoms with Crippen LogP contribution in [0.1, 0.15) is 12.5 Å². The molecular weight excluding hydrogens is 405 g/mol. The molecule has 2 unspecified atom stereocenters. The Morgan fingerprint density at radius 2 is 1.96 bits per heavy atom. The van der Waals surface area contributed by atoms with Crippen LogP contribution in [0.4, 0.5) is 0 Å². The number of aliphatic hydroxyl groups excluding tert-OH is 1. The summed E-state index contributed by atoms with van der Waals surface area (Å²) in [6, 6.07) is 12.4. The van der Waals surface area contributed by atoms with Crippen molar-refractivity contribution in [1.82, 2.24) is 5.32 Å². The molecule has 0 spiro atoms. The van der Waals surface area contributed by atoms with Gasteiger partial charge in [-0.05, 0) is 36.8 Å². The SMILES string of the molecule is COc1cccc(COC(C)C(=O)NCC(O)COc2cccc(Cl)c2Cl)c1. The van der Waals surface area contributed by atoms with Gasteiger partial charge in [-0.1, -0.05) is 41.4 Å². The van der Waals surface area contributed by atoms with Gasteiger partial charge in [0, 0.05) is 6.54 Å². The number of carbonyl (C=O) groups excluding carboxylic acids is 1. The molecule has 2 aromatic carbocycles. The van der Waals surface area contributed by atoms with Crippen LogP contribution in [0.25, 0.3) is 0 Å². The van der Waals surface area contributed by atoms with Crippen LogP contribution in [0.15, 0.2) is 42.5 Å². The van der Waals surface area contributed by atoms with E-state index in [1.54, 1.807) is 32.2 Å². The lowest BCUT2D eigenvalue weighted by Gasteiger charge is -2.17. The summed E-state index contributed by atoms with van der Waals surface area (Å²) in [5.74, 6) is 0.762. The Balaban J connectivity index is 1.72. The standard InChI is InChI=1S/C20H23Cl2NO5/c1-13(27-11-14-5-3-6-16(9-14)26-2)20(25)23-10-15(24)12-28-18-8-4-7-17(21)19(18)22/h3-9,13,15,24H,10-12H2,1-2H3,(H,23,25). The summed E-state index contributed by atoms with van der Waals surface area (Å²) in [4.78, 5) is 12.1. The predicted octanol–water partition coefficient (Wildman–Crippen LogP) is 3.46. The molecule has 8 heteroatoms. The van der Waals surface area contributed by atoms with Crippen molar-refractivity contribution in [1.29, 1.82) is 0 Å². The van der Waals surface area contributed by atoms with Crippen LogP contribution in [0.3, 0.4) is 0 Å². The van der Waals surface area contributed by atoms with Crippen molar-refractivity contribution < 1.29 is 24.1 Å². The monoisotopic (exact) mass is 427 g/mol. The topological polar surface area (TPSA) is 77.0 Å². The third-order valence-corrected chi connectivity index (χ3v) is 4.66. The fraction of sp³-hybridized carbons (Fsp3) is 0.350. The number of amides is 1. The number of methoxy groups -OCH3 is 1. The van der Waals surface area contributed by atoms with Gasteiger partial charge in [0.1, 0.15) is 35.3 Å². The van der Waals surface area contributed by atoms with E-state index in [-0.39, 0.29) is 30.7 Å². The highest BCUT2D eigenvalue weighted by atomic mass is 35.5. The first-order valence-corrected chi connectivity index (χ1v) is 9.43. The number of halogens is 2. The van der Waals surface area contributed by atoms with Gasteiger partial charge < -0.3 is 24.6 Å². The lowest BCUT2D eigenvalue weighted by molar-refractivity contribution is -0.133. The number of aliphatic hydroxyl groups is 1. The van der Waals surface area contributed by atoms with Gasteiger partial charge in [-0.2, -0.15) is 0 Å². The molecule has 2 atom stereocenters. The Morgan fingerprint density at radius 3 is 2.71 bits per heavy atom. The number of ether oxygens (including phenoxy) is 3. The van der Waals surface area contributed by atoms with E-state index in [2.05, 4.69) is 5.32 Å². The van der Waals surface area contributed by atoms with Crippen LogP contribution < -0.4 is 14.8 Å². The average Bonchev–Trinajstić information content (AvgIpc) is 2.71. The quantitative estimate of drug-likeness (QED) is 0.606. The molecule has 6 nitrogen and oxygen atoms in total. The Labute approximate surface area is 174 Å². The number of nitrogens with one attached hydrogen (secondary N) is 1. The fourth-order valence-corrected chi connectivity index (χ4v) is 2.61. The summed E-state index contributed by atoms with van der Waals surface area (Å²) in [6.45, 7) is 1.89. The first-order valence-electron chi connectivity index (χ1n) is 8.67. The molecule has 0 saturated carbocycles. The maximum atomic E-state index is 12.1. The Kier molecular flexibility index (Phi) is 8.86. The maximum Gasteiger partial charge on any atom is 0.248 e. The van der Waals surface area contributed by atoms with Gasteiger partial charge >= 0.3 is 0 Å². The third kappa shape index (κ3) is 6.87. The van der Waals surface area contributed by atoms with Crippen LogP contribution >= 0.6 is 23.2 Å². The molecule has 28 heavy (non-hydrogen) atoms. The normalized spacial score (nSPS) is 12.9. The van der Waals surface area contributed by atoms with Crippen molar-refractivity contribution in [3.05, 3.63) is 58.1 Å². The molecule has 0 radical (unpaired) electrons. The molecule has 2 N–H and O–H groups in total. The minimum atomic E-state index is -0.912. The second-order valence-electron chi connectivity index (χ2n) is 6.07. The number of carbonyl (C=O) groups is 1. The van der Waals surface area contributed by atoms with Gasteiger partial charge in [-0.25, -0.2) is 0 Å². The van der Waals surface area contributed by atoms with Crippen molar-refractivity contribution in [2.45, 2.75) is 25.7 Å². The summed E-state index contributed by atoms with van der Waals surface area (Å²) in [5.41, 5.74) is 0.894. The van der Waals surface area contributed by atoms with Crippen molar-refractivity contribution in [3.63, 3.8) is 0 Å². The second kappa shape index (κ2) is 11.1. The molecule has 0 aliphatic rings. The third-order valence-electron chi connectivity index (χ3n) is 3.86. The Bertz CT molecular complexity index is 787. The van der Waals surface area contributed by atoms with E-state index in [4.69, 9.17) is 37.4 Å². The molecule has 0 aliphatic heterocycles. The molecule has 152 valence electrons. The predicted molar refractivity (Wildman–Crippen MR) is 108 cm³/mol. The highest BCUT2D eigenvalue weighted by Crippen LogP contribution is 2.31. The van der Waals surface area contributed by atoms with Gasteiger partial charge in [0.15, 0.2) is 0 Å². The number of rotatable bonds is 10. The minimum absolute atomic E-state index is 0.0177. The lowest BCUT2D eigenvalue weighted by Crippen LogP contribution is -2.40. The average molecular weight is 428 g/mol. The van der Waals surface area contributed by atoms with Crippen molar-refractivity contribution >= 4 is 29.1 Å². The van der Waals surface area contributed by atoms with Gasteiger partial charge in [0.2, 0.25) is 5.91 Å². The smallest absolute Gasteiger partial charge is 0.248 e. The maximum absolute atomic E-state index is 12.1. The van der Waals surface area contributed by atoms with Crippen LogP contribution in [-0.4, -0.2) is 43.5 Å². The Morgan fingerprint density at radius 1 is 1.21 bits per heavy atom. The molecule has 1 amide bonds. The van der Waals surface area contributed by atoms with Crippen molar-refractivity contribution in [3.8, 4) is 11.5 Å². The van der Waals surface area contributed by atoms with E-state index in [0.717, 1.165) is 11.3 Å². The molecule has 0 fully saturated rings. The molecule has 0 heterocycles. The van der Waals surface area contributed by atoms with Crippen LogP contribution in [0.2, 0.25) is 10.0 Å². The summed E-state index contributed by atoms with van der Waals surface area (Å²) in [5, 5.41) is 13.3. The molecule has 2 rings (SSSR count). The van der Waals surface area contributed by atoms with E-state index < -0.39 is 12.2 Å². The van der Waals surface area contributed by atoms with E-state index in [1.807, 2.05) is 24.3 Å². The summed E-state index contributed by atoms with van der Waals surface area (Å²) in [6.07, 6.45) is -1.59. The molecule has 2 aromatic rings. The van der Waals surface area contributed by atoms with Gasteiger partial charge in [0.25, 0.3) is 0 Å². The largest absolute Gasteiger partial charge is 0.497 e. The highest BCUT2D eigenvalue weighted by molar-refractivity contribution is 6.42. The fourth-order valence-electron chi connectivity index (χ4n) is 2.26. The number of hydrogen-bond acceptors (Lipinski definition) is 5. The van der Waals surface area contributed by atoms with E-state index in [0.29, 0.717) is 10.8 Å². The lowest BCUT2D eigenvalue weighted by atomic mass is 10.2. The molecular formula is C20H23Cl2NO5. The van der Waals surface area contributed by atoms with Gasteiger partial charge in [-0.15, -0.1) is 0 Å². The second-order valence-corrected chi connectivity index (χ2v) is 6.85. The molecule has 0 bridgehead atoms. The zero-order valence-corrected chi connectivity index (χ0v) is 17.2. The van der Waals surface area contributed by atoms with Gasteiger partial charge in [-0.3, -0.25) is 4.79 Å². The number of hydrogen-bond donors (Lipinski definition) is 2. The van der Waals surface area contributed by atoms with Crippen LogP contribution in [0, 0.1) is 0 Å². The van der Waals surface area contributed by atoms with E-state index >= 15 is 0 Å². The number of benzene rings is 2.